The lowest BCUT2D eigenvalue weighted by atomic mass is 10.1. The van der Waals surface area contributed by atoms with Crippen molar-refractivity contribution in [1.82, 2.24) is 0 Å². The normalized spacial score (nSPS) is 12.3. The second-order valence-corrected chi connectivity index (χ2v) is 18.9. The number of rotatable bonds is 6. The molecular formula is C16H27ClOSi2. The fourth-order valence-corrected chi connectivity index (χ4v) is 5.48. The maximum atomic E-state index is 6.57. The molecule has 0 atom stereocenters. The molecule has 20 heavy (non-hydrogen) atoms. The maximum Gasteiger partial charge on any atom is 0.154 e. The molecule has 0 aliphatic carbocycles. The highest BCUT2D eigenvalue weighted by Gasteiger charge is 2.27. The monoisotopic (exact) mass is 326 g/mol. The van der Waals surface area contributed by atoms with Gasteiger partial charge in [0.2, 0.25) is 0 Å². The SMILES string of the molecule is C=CCOc1c(C[Si](C)(C)Cl)cc(C)cc1[Si](C)(C)C. The van der Waals surface area contributed by atoms with E-state index in [2.05, 4.69) is 58.4 Å². The average Bonchev–Trinajstić information content (AvgIpc) is 2.23. The van der Waals surface area contributed by atoms with Crippen LogP contribution >= 0.6 is 11.1 Å². The summed E-state index contributed by atoms with van der Waals surface area (Å²) in [5.41, 5.74) is 2.58. The zero-order valence-corrected chi connectivity index (χ0v) is 16.4. The minimum Gasteiger partial charge on any atom is -0.489 e. The molecule has 0 heterocycles. The summed E-state index contributed by atoms with van der Waals surface area (Å²) in [6, 6.07) is 5.47. The summed E-state index contributed by atoms with van der Waals surface area (Å²) < 4.78 is 6.03. The first kappa shape index (κ1) is 17.5. The molecule has 0 saturated heterocycles. The Morgan fingerprint density at radius 2 is 1.80 bits per heavy atom. The quantitative estimate of drug-likeness (QED) is 0.420. The van der Waals surface area contributed by atoms with Gasteiger partial charge in [-0.3, -0.25) is 0 Å². The fraction of sp³-hybridized carbons (Fsp3) is 0.500. The standard InChI is InChI=1S/C16H27ClOSi2/c1-8-9-18-16-14(12-20(6,7)17)10-13(2)11-15(16)19(3,4)5/h8,10-11H,1,9,12H2,2-7H3. The molecule has 0 fully saturated rings. The van der Waals surface area contributed by atoms with Gasteiger partial charge in [-0.25, -0.2) is 0 Å². The second-order valence-electron chi connectivity index (χ2n) is 7.05. The molecule has 0 aliphatic heterocycles. The molecule has 0 aliphatic rings. The van der Waals surface area contributed by atoms with Crippen LogP contribution in [0.1, 0.15) is 11.1 Å². The van der Waals surface area contributed by atoms with Crippen LogP contribution in [0.2, 0.25) is 32.7 Å². The number of benzene rings is 1. The van der Waals surface area contributed by atoms with Crippen molar-refractivity contribution >= 4 is 31.7 Å². The number of aryl methyl sites for hydroxylation is 1. The van der Waals surface area contributed by atoms with Crippen molar-refractivity contribution in [2.45, 2.75) is 45.7 Å². The van der Waals surface area contributed by atoms with Gasteiger partial charge in [-0.1, -0.05) is 63.1 Å². The van der Waals surface area contributed by atoms with Gasteiger partial charge in [0.25, 0.3) is 0 Å². The Bertz CT molecular complexity index is 484. The predicted octanol–water partition coefficient (Wildman–Crippen LogP) is 4.63. The second kappa shape index (κ2) is 6.50. The van der Waals surface area contributed by atoms with Gasteiger partial charge in [0.15, 0.2) is 7.38 Å². The van der Waals surface area contributed by atoms with Gasteiger partial charge in [0, 0.05) is 0 Å². The summed E-state index contributed by atoms with van der Waals surface area (Å²) in [7, 11) is -3.14. The number of ether oxygens (including phenoxy) is 1. The van der Waals surface area contributed by atoms with Gasteiger partial charge >= 0.3 is 0 Å². The lowest BCUT2D eigenvalue weighted by Crippen LogP contribution is -2.40. The van der Waals surface area contributed by atoms with E-state index >= 15 is 0 Å². The van der Waals surface area contributed by atoms with Crippen LogP contribution in [0.3, 0.4) is 0 Å². The van der Waals surface area contributed by atoms with Crippen molar-refractivity contribution in [3.63, 3.8) is 0 Å². The highest BCUT2D eigenvalue weighted by Crippen LogP contribution is 2.27. The van der Waals surface area contributed by atoms with Crippen molar-refractivity contribution in [1.29, 1.82) is 0 Å². The van der Waals surface area contributed by atoms with E-state index in [1.54, 1.807) is 6.08 Å². The Hall–Kier alpha value is -0.516. The highest BCUT2D eigenvalue weighted by molar-refractivity contribution is 7.18. The van der Waals surface area contributed by atoms with E-state index in [0.29, 0.717) is 6.61 Å². The zero-order chi connectivity index (χ0) is 15.6. The molecule has 0 amide bonds. The minimum absolute atomic E-state index is 0.553. The van der Waals surface area contributed by atoms with Crippen LogP contribution in [-0.2, 0) is 6.04 Å². The molecule has 1 aromatic carbocycles. The zero-order valence-electron chi connectivity index (χ0n) is 13.6. The largest absolute Gasteiger partial charge is 0.489 e. The Morgan fingerprint density at radius 1 is 1.20 bits per heavy atom. The van der Waals surface area contributed by atoms with Crippen molar-refractivity contribution in [2.75, 3.05) is 6.61 Å². The van der Waals surface area contributed by atoms with Crippen molar-refractivity contribution in [3.05, 3.63) is 35.9 Å². The third-order valence-electron chi connectivity index (χ3n) is 3.07. The van der Waals surface area contributed by atoms with Crippen LogP contribution in [-0.4, -0.2) is 22.1 Å². The van der Waals surface area contributed by atoms with E-state index in [0.717, 1.165) is 11.8 Å². The summed E-state index contributed by atoms with van der Waals surface area (Å²) in [5.74, 6) is 1.07. The van der Waals surface area contributed by atoms with Gasteiger partial charge in [-0.15, -0.1) is 0 Å². The third kappa shape index (κ3) is 5.11. The van der Waals surface area contributed by atoms with Crippen LogP contribution in [0.4, 0.5) is 0 Å². The molecule has 4 heteroatoms. The molecule has 0 saturated carbocycles. The maximum absolute atomic E-state index is 6.57. The van der Waals surface area contributed by atoms with Crippen LogP contribution in [0, 0.1) is 6.92 Å². The van der Waals surface area contributed by atoms with Crippen LogP contribution in [0.15, 0.2) is 24.8 Å². The van der Waals surface area contributed by atoms with Gasteiger partial charge in [0.1, 0.15) is 12.4 Å². The summed E-state index contributed by atoms with van der Waals surface area (Å²) in [6.45, 7) is 17.9. The van der Waals surface area contributed by atoms with Crippen molar-refractivity contribution in [3.8, 4) is 5.75 Å². The van der Waals surface area contributed by atoms with Crippen LogP contribution in [0.5, 0.6) is 5.75 Å². The molecular weight excluding hydrogens is 300 g/mol. The lowest BCUT2D eigenvalue weighted by Gasteiger charge is -2.25. The fourth-order valence-electron chi connectivity index (χ4n) is 2.30. The summed E-state index contributed by atoms with van der Waals surface area (Å²) >= 11 is 6.57. The summed E-state index contributed by atoms with van der Waals surface area (Å²) in [6.07, 6.45) is 1.81. The average molecular weight is 327 g/mol. The first-order valence-corrected chi connectivity index (χ1v) is 14.8. The molecule has 0 radical (unpaired) electrons. The van der Waals surface area contributed by atoms with E-state index < -0.39 is 15.5 Å². The van der Waals surface area contributed by atoms with E-state index in [1.807, 2.05) is 0 Å². The number of hydrogen-bond acceptors (Lipinski definition) is 1. The number of hydrogen-bond donors (Lipinski definition) is 0. The molecule has 0 aromatic heterocycles. The lowest BCUT2D eigenvalue weighted by molar-refractivity contribution is 0.363. The predicted molar refractivity (Wildman–Crippen MR) is 96.9 cm³/mol. The van der Waals surface area contributed by atoms with E-state index in [-0.39, 0.29) is 0 Å². The van der Waals surface area contributed by atoms with Crippen molar-refractivity contribution < 1.29 is 4.74 Å². The molecule has 1 rings (SSSR count). The first-order valence-electron chi connectivity index (χ1n) is 7.11. The summed E-state index contributed by atoms with van der Waals surface area (Å²) in [5, 5.41) is 1.39. The molecule has 0 bridgehead atoms. The molecule has 0 N–H and O–H groups in total. The van der Waals surface area contributed by atoms with Gasteiger partial charge in [-0.05, 0) is 23.7 Å². The topological polar surface area (TPSA) is 9.23 Å². The van der Waals surface area contributed by atoms with Crippen molar-refractivity contribution in [2.24, 2.45) is 0 Å². The van der Waals surface area contributed by atoms with Crippen LogP contribution < -0.4 is 9.92 Å². The van der Waals surface area contributed by atoms with E-state index in [4.69, 9.17) is 15.8 Å². The third-order valence-corrected chi connectivity index (χ3v) is 6.68. The highest BCUT2D eigenvalue weighted by atomic mass is 35.6. The Kier molecular flexibility index (Phi) is 5.70. The Labute approximate surface area is 130 Å². The summed E-state index contributed by atoms with van der Waals surface area (Å²) in [4.78, 5) is 0. The number of halogens is 1. The molecule has 112 valence electrons. The van der Waals surface area contributed by atoms with Gasteiger partial charge in [0.05, 0.1) is 8.07 Å². The van der Waals surface area contributed by atoms with Gasteiger partial charge < -0.3 is 4.74 Å². The molecule has 1 nitrogen and oxygen atoms in total. The molecule has 1 aromatic rings. The Morgan fingerprint density at radius 3 is 2.25 bits per heavy atom. The first-order chi connectivity index (χ1) is 9.04. The smallest absolute Gasteiger partial charge is 0.154 e. The van der Waals surface area contributed by atoms with E-state index in [1.165, 1.54) is 16.3 Å². The minimum atomic E-state index is -1.69. The molecule has 0 unspecified atom stereocenters. The van der Waals surface area contributed by atoms with Crippen LogP contribution in [0.25, 0.3) is 0 Å². The molecule has 0 spiro atoms. The van der Waals surface area contributed by atoms with E-state index in [9.17, 15) is 0 Å². The Balaban J connectivity index is 3.39. The van der Waals surface area contributed by atoms with Gasteiger partial charge in [-0.2, -0.15) is 11.1 Å².